The number of imidazole rings is 1. The van der Waals surface area contributed by atoms with E-state index in [9.17, 15) is 9.90 Å². The Hall–Kier alpha value is -2.30. The van der Waals surface area contributed by atoms with Gasteiger partial charge >= 0.3 is 5.97 Å². The second-order valence-corrected chi connectivity index (χ2v) is 4.61. The fourth-order valence-electron chi connectivity index (χ4n) is 2.28. The fourth-order valence-corrected chi connectivity index (χ4v) is 2.28. The zero-order chi connectivity index (χ0) is 14.7. The number of carboxylic acid groups (broad SMARTS) is 1. The Morgan fingerprint density at radius 1 is 1.45 bits per heavy atom. The third kappa shape index (κ3) is 2.66. The third-order valence-corrected chi connectivity index (χ3v) is 3.30. The second-order valence-electron chi connectivity index (χ2n) is 4.61. The zero-order valence-corrected chi connectivity index (χ0v) is 11.9. The topological polar surface area (TPSA) is 64.4 Å². The number of aryl methyl sites for hydroxylation is 2. The molecule has 20 heavy (non-hydrogen) atoms. The number of ether oxygens (including phenoxy) is 1. The molecule has 5 heteroatoms. The first-order valence-corrected chi connectivity index (χ1v) is 6.47. The number of rotatable bonds is 5. The lowest BCUT2D eigenvalue weighted by Gasteiger charge is -2.11. The predicted octanol–water partition coefficient (Wildman–Crippen LogP) is 2.51. The molecular formula is C15H18N2O3. The summed E-state index contributed by atoms with van der Waals surface area (Å²) >= 11 is 0. The number of benzene rings is 1. The van der Waals surface area contributed by atoms with Crippen molar-refractivity contribution < 1.29 is 14.6 Å². The first-order valence-electron chi connectivity index (χ1n) is 6.47. The predicted molar refractivity (Wildman–Crippen MR) is 75.4 cm³/mol. The lowest BCUT2D eigenvalue weighted by Crippen LogP contribution is -2.10. The Kier molecular flexibility index (Phi) is 4.08. The first-order chi connectivity index (χ1) is 9.56. The minimum atomic E-state index is -0.954. The van der Waals surface area contributed by atoms with E-state index in [1.807, 2.05) is 18.2 Å². The molecule has 1 heterocycles. The molecule has 1 N–H and O–H groups in total. The summed E-state index contributed by atoms with van der Waals surface area (Å²) in [5.41, 5.74) is 2.90. The molecule has 1 aromatic carbocycles. The number of hydrogen-bond acceptors (Lipinski definition) is 3. The third-order valence-electron chi connectivity index (χ3n) is 3.30. The molecular weight excluding hydrogens is 256 g/mol. The Bertz CT molecular complexity index is 632. The van der Waals surface area contributed by atoms with Gasteiger partial charge in [-0.05, 0) is 30.5 Å². The average Bonchev–Trinajstić information content (AvgIpc) is 2.79. The standard InChI is InChI=1S/C15H18N2O3/c1-4-12-7-11(5-6-13(12)20-3)8-17-9-16-10(2)14(17)15(18)19/h5-7,9H,4,8H2,1-3H3,(H,18,19). The van der Waals surface area contributed by atoms with Crippen LogP contribution in [0.25, 0.3) is 0 Å². The molecule has 0 fully saturated rings. The Morgan fingerprint density at radius 3 is 2.80 bits per heavy atom. The number of nitrogens with zero attached hydrogens (tertiary/aromatic N) is 2. The van der Waals surface area contributed by atoms with Crippen molar-refractivity contribution in [2.24, 2.45) is 0 Å². The van der Waals surface area contributed by atoms with Gasteiger partial charge in [-0.3, -0.25) is 0 Å². The van der Waals surface area contributed by atoms with Gasteiger partial charge in [-0.1, -0.05) is 19.1 Å². The van der Waals surface area contributed by atoms with E-state index in [2.05, 4.69) is 11.9 Å². The van der Waals surface area contributed by atoms with Crippen molar-refractivity contribution in [2.45, 2.75) is 26.8 Å². The summed E-state index contributed by atoms with van der Waals surface area (Å²) in [5.74, 6) is -0.0965. The summed E-state index contributed by atoms with van der Waals surface area (Å²) in [5, 5.41) is 9.22. The van der Waals surface area contributed by atoms with Crippen LogP contribution in [0.1, 0.15) is 34.2 Å². The van der Waals surface area contributed by atoms with Crippen molar-refractivity contribution in [2.75, 3.05) is 7.11 Å². The van der Waals surface area contributed by atoms with E-state index in [1.54, 1.807) is 24.9 Å². The Labute approximate surface area is 117 Å². The van der Waals surface area contributed by atoms with Crippen LogP contribution in [0.2, 0.25) is 0 Å². The van der Waals surface area contributed by atoms with Crippen LogP contribution in [0, 0.1) is 6.92 Å². The van der Waals surface area contributed by atoms with E-state index in [4.69, 9.17) is 4.74 Å². The molecule has 0 saturated carbocycles. The highest BCUT2D eigenvalue weighted by Gasteiger charge is 2.15. The van der Waals surface area contributed by atoms with Gasteiger partial charge in [0.15, 0.2) is 0 Å². The van der Waals surface area contributed by atoms with Crippen molar-refractivity contribution in [3.8, 4) is 5.75 Å². The van der Waals surface area contributed by atoms with Crippen LogP contribution in [-0.2, 0) is 13.0 Å². The number of methoxy groups -OCH3 is 1. The SMILES string of the molecule is CCc1cc(Cn2cnc(C)c2C(=O)O)ccc1OC. The van der Waals surface area contributed by atoms with Gasteiger partial charge in [-0.25, -0.2) is 9.78 Å². The molecule has 0 aliphatic rings. The lowest BCUT2D eigenvalue weighted by atomic mass is 10.1. The number of hydrogen-bond donors (Lipinski definition) is 1. The molecule has 0 spiro atoms. The quantitative estimate of drug-likeness (QED) is 0.910. The van der Waals surface area contributed by atoms with Crippen molar-refractivity contribution in [3.05, 3.63) is 47.0 Å². The summed E-state index contributed by atoms with van der Waals surface area (Å²) in [6.07, 6.45) is 2.43. The molecule has 1 aromatic heterocycles. The zero-order valence-electron chi connectivity index (χ0n) is 11.9. The van der Waals surface area contributed by atoms with Gasteiger partial charge in [0.2, 0.25) is 0 Å². The van der Waals surface area contributed by atoms with Crippen LogP contribution < -0.4 is 4.74 Å². The van der Waals surface area contributed by atoms with Gasteiger partial charge in [-0.2, -0.15) is 0 Å². The van der Waals surface area contributed by atoms with Crippen LogP contribution >= 0.6 is 0 Å². The summed E-state index contributed by atoms with van der Waals surface area (Å²) in [7, 11) is 1.65. The molecule has 2 aromatic rings. The van der Waals surface area contributed by atoms with Crippen molar-refractivity contribution >= 4 is 5.97 Å². The van der Waals surface area contributed by atoms with Crippen LogP contribution in [0.4, 0.5) is 0 Å². The highest BCUT2D eigenvalue weighted by atomic mass is 16.5. The number of aromatic carboxylic acids is 1. The number of carbonyl (C=O) groups is 1. The van der Waals surface area contributed by atoms with Gasteiger partial charge in [0.05, 0.1) is 19.1 Å². The molecule has 0 amide bonds. The van der Waals surface area contributed by atoms with E-state index in [1.165, 1.54) is 0 Å². The number of aromatic nitrogens is 2. The van der Waals surface area contributed by atoms with E-state index < -0.39 is 5.97 Å². The minimum absolute atomic E-state index is 0.235. The monoisotopic (exact) mass is 274 g/mol. The molecule has 0 saturated heterocycles. The summed E-state index contributed by atoms with van der Waals surface area (Å²) < 4.78 is 6.95. The Balaban J connectivity index is 2.33. The molecule has 0 bridgehead atoms. The molecule has 106 valence electrons. The summed E-state index contributed by atoms with van der Waals surface area (Å²) in [6, 6.07) is 5.90. The molecule has 5 nitrogen and oxygen atoms in total. The van der Waals surface area contributed by atoms with Crippen LogP contribution in [0.15, 0.2) is 24.5 Å². The maximum Gasteiger partial charge on any atom is 0.354 e. The molecule has 0 unspecified atom stereocenters. The van der Waals surface area contributed by atoms with Gasteiger partial charge in [0, 0.05) is 6.54 Å². The highest BCUT2D eigenvalue weighted by Crippen LogP contribution is 2.21. The largest absolute Gasteiger partial charge is 0.496 e. The normalized spacial score (nSPS) is 10.6. The fraction of sp³-hybridized carbons (Fsp3) is 0.333. The molecule has 2 rings (SSSR count). The Morgan fingerprint density at radius 2 is 2.20 bits per heavy atom. The van der Waals surface area contributed by atoms with Gasteiger partial charge in [-0.15, -0.1) is 0 Å². The maximum atomic E-state index is 11.2. The van der Waals surface area contributed by atoms with E-state index in [0.717, 1.165) is 23.3 Å². The lowest BCUT2D eigenvalue weighted by molar-refractivity contribution is 0.0685. The van der Waals surface area contributed by atoms with E-state index in [0.29, 0.717) is 12.2 Å². The molecule has 0 aliphatic heterocycles. The van der Waals surface area contributed by atoms with Gasteiger partial charge < -0.3 is 14.4 Å². The van der Waals surface area contributed by atoms with E-state index >= 15 is 0 Å². The maximum absolute atomic E-state index is 11.2. The smallest absolute Gasteiger partial charge is 0.354 e. The van der Waals surface area contributed by atoms with Crippen LogP contribution in [0.3, 0.4) is 0 Å². The van der Waals surface area contributed by atoms with Gasteiger partial charge in [0.1, 0.15) is 11.4 Å². The molecule has 0 aliphatic carbocycles. The average molecular weight is 274 g/mol. The molecule has 0 radical (unpaired) electrons. The van der Waals surface area contributed by atoms with Crippen LogP contribution in [0.5, 0.6) is 5.75 Å². The first kappa shape index (κ1) is 14.1. The number of carboxylic acids is 1. The molecule has 0 atom stereocenters. The summed E-state index contributed by atoms with van der Waals surface area (Å²) in [4.78, 5) is 15.3. The summed E-state index contributed by atoms with van der Waals surface area (Å²) in [6.45, 7) is 4.25. The second kappa shape index (κ2) is 5.77. The van der Waals surface area contributed by atoms with Crippen molar-refractivity contribution in [3.63, 3.8) is 0 Å². The van der Waals surface area contributed by atoms with Crippen LogP contribution in [-0.4, -0.2) is 27.7 Å². The minimum Gasteiger partial charge on any atom is -0.496 e. The van der Waals surface area contributed by atoms with Crippen molar-refractivity contribution in [1.82, 2.24) is 9.55 Å². The highest BCUT2D eigenvalue weighted by molar-refractivity contribution is 5.86. The van der Waals surface area contributed by atoms with Gasteiger partial charge in [0.25, 0.3) is 0 Å². The van der Waals surface area contributed by atoms with Crippen molar-refractivity contribution in [1.29, 1.82) is 0 Å². The van der Waals surface area contributed by atoms with E-state index in [-0.39, 0.29) is 5.69 Å².